The van der Waals surface area contributed by atoms with Crippen LogP contribution in [0.5, 0.6) is 0 Å². The average molecular weight is 288 g/mol. The van der Waals surface area contributed by atoms with Crippen LogP contribution in [0.1, 0.15) is 36.9 Å². The lowest BCUT2D eigenvalue weighted by molar-refractivity contribution is -0.123. The summed E-state index contributed by atoms with van der Waals surface area (Å²) in [5.74, 6) is 0.227. The van der Waals surface area contributed by atoms with Gasteiger partial charge in [0.05, 0.1) is 12.6 Å². The molecule has 2 rings (SSSR count). The normalized spacial score (nSPS) is 18.2. The molecular weight excluding hydrogens is 264 g/mol. The summed E-state index contributed by atoms with van der Waals surface area (Å²) in [6.45, 7) is 6.15. The Morgan fingerprint density at radius 3 is 2.67 bits per heavy atom. The average Bonchev–Trinajstić information content (AvgIpc) is 2.48. The van der Waals surface area contributed by atoms with Gasteiger partial charge in [-0.25, -0.2) is 0 Å². The molecule has 0 bridgehead atoms. The van der Waals surface area contributed by atoms with Gasteiger partial charge in [-0.2, -0.15) is 0 Å². The molecule has 1 aromatic rings. The van der Waals surface area contributed by atoms with Crippen LogP contribution in [0.2, 0.25) is 0 Å². The Kier molecular flexibility index (Phi) is 5.51. The fourth-order valence-corrected chi connectivity index (χ4v) is 2.89. The topological polar surface area (TPSA) is 49.4 Å². The predicted molar refractivity (Wildman–Crippen MR) is 83.0 cm³/mol. The van der Waals surface area contributed by atoms with E-state index in [1.807, 2.05) is 19.1 Å². The first-order chi connectivity index (χ1) is 10.1. The van der Waals surface area contributed by atoms with Crippen LogP contribution in [0.3, 0.4) is 0 Å². The monoisotopic (exact) mass is 288 g/mol. The van der Waals surface area contributed by atoms with Gasteiger partial charge in [0.1, 0.15) is 6.29 Å². The molecule has 1 heterocycles. The molecule has 1 fully saturated rings. The standard InChI is InChI=1S/C17H24N2O2/c1-13-5-3-4-6-16(13)14(2)18-17(21)11-19-9-7-15(12-20)8-10-19/h3-6,12,14-15H,7-11H2,1-2H3,(H,18,21). The molecule has 0 aliphatic carbocycles. The molecule has 1 unspecified atom stereocenters. The molecule has 0 aromatic heterocycles. The number of amides is 1. The Labute approximate surface area is 126 Å². The van der Waals surface area contributed by atoms with Crippen molar-refractivity contribution in [3.63, 3.8) is 0 Å². The molecule has 4 nitrogen and oxygen atoms in total. The SMILES string of the molecule is Cc1ccccc1C(C)NC(=O)CN1CCC(C=O)CC1. The molecule has 1 aliphatic rings. The molecule has 1 amide bonds. The van der Waals surface area contributed by atoms with Crippen molar-refractivity contribution in [2.75, 3.05) is 19.6 Å². The maximum atomic E-state index is 12.1. The smallest absolute Gasteiger partial charge is 0.234 e. The van der Waals surface area contributed by atoms with E-state index in [1.54, 1.807) is 0 Å². The maximum absolute atomic E-state index is 12.1. The summed E-state index contributed by atoms with van der Waals surface area (Å²) in [5.41, 5.74) is 2.35. The minimum Gasteiger partial charge on any atom is -0.348 e. The first-order valence-corrected chi connectivity index (χ1v) is 7.62. The number of nitrogens with one attached hydrogen (secondary N) is 1. The fraction of sp³-hybridized carbons (Fsp3) is 0.529. The van der Waals surface area contributed by atoms with Crippen molar-refractivity contribution in [3.8, 4) is 0 Å². The van der Waals surface area contributed by atoms with Crippen LogP contribution >= 0.6 is 0 Å². The largest absolute Gasteiger partial charge is 0.348 e. The quantitative estimate of drug-likeness (QED) is 0.844. The Bertz CT molecular complexity index is 493. The van der Waals surface area contributed by atoms with Gasteiger partial charge in [0.2, 0.25) is 5.91 Å². The number of carbonyl (C=O) groups excluding carboxylic acids is 2. The van der Waals surface area contributed by atoms with Crippen molar-refractivity contribution in [1.29, 1.82) is 0 Å². The third-order valence-electron chi connectivity index (χ3n) is 4.22. The summed E-state index contributed by atoms with van der Waals surface area (Å²) in [5, 5.41) is 3.06. The van der Waals surface area contributed by atoms with Crippen LogP contribution in [0.15, 0.2) is 24.3 Å². The van der Waals surface area contributed by atoms with E-state index in [2.05, 4.69) is 29.3 Å². The number of hydrogen-bond acceptors (Lipinski definition) is 3. The number of likely N-dealkylation sites (tertiary alicyclic amines) is 1. The summed E-state index contributed by atoms with van der Waals surface area (Å²) in [4.78, 5) is 25.0. The van der Waals surface area contributed by atoms with Gasteiger partial charge in [0, 0.05) is 5.92 Å². The highest BCUT2D eigenvalue weighted by molar-refractivity contribution is 5.78. The lowest BCUT2D eigenvalue weighted by Gasteiger charge is -2.29. The molecule has 4 heteroatoms. The first-order valence-electron chi connectivity index (χ1n) is 7.62. The number of benzene rings is 1. The maximum Gasteiger partial charge on any atom is 0.234 e. The van der Waals surface area contributed by atoms with E-state index in [4.69, 9.17) is 0 Å². The van der Waals surface area contributed by atoms with Crippen LogP contribution in [0.25, 0.3) is 0 Å². The van der Waals surface area contributed by atoms with Crippen molar-refractivity contribution >= 4 is 12.2 Å². The van der Waals surface area contributed by atoms with E-state index in [-0.39, 0.29) is 17.9 Å². The third kappa shape index (κ3) is 4.39. The van der Waals surface area contributed by atoms with Crippen molar-refractivity contribution in [2.45, 2.75) is 32.7 Å². The molecule has 21 heavy (non-hydrogen) atoms. The zero-order valence-electron chi connectivity index (χ0n) is 12.8. The zero-order valence-corrected chi connectivity index (χ0v) is 12.8. The lowest BCUT2D eigenvalue weighted by Crippen LogP contribution is -2.42. The molecule has 0 radical (unpaired) electrons. The highest BCUT2D eigenvalue weighted by atomic mass is 16.2. The fourth-order valence-electron chi connectivity index (χ4n) is 2.89. The number of piperidine rings is 1. The van der Waals surface area contributed by atoms with Crippen LogP contribution < -0.4 is 5.32 Å². The van der Waals surface area contributed by atoms with Gasteiger partial charge in [-0.15, -0.1) is 0 Å². The van der Waals surface area contributed by atoms with E-state index < -0.39 is 0 Å². The molecule has 1 saturated heterocycles. The van der Waals surface area contributed by atoms with Gasteiger partial charge in [-0.05, 0) is 50.9 Å². The second-order valence-corrected chi connectivity index (χ2v) is 5.90. The van der Waals surface area contributed by atoms with Crippen LogP contribution in [-0.2, 0) is 9.59 Å². The van der Waals surface area contributed by atoms with Gasteiger partial charge in [0.25, 0.3) is 0 Å². The van der Waals surface area contributed by atoms with E-state index in [1.165, 1.54) is 5.56 Å². The van der Waals surface area contributed by atoms with E-state index in [9.17, 15) is 9.59 Å². The van der Waals surface area contributed by atoms with Gasteiger partial charge >= 0.3 is 0 Å². The Hall–Kier alpha value is -1.68. The van der Waals surface area contributed by atoms with Gasteiger partial charge in [-0.3, -0.25) is 9.69 Å². The second-order valence-electron chi connectivity index (χ2n) is 5.90. The van der Waals surface area contributed by atoms with Gasteiger partial charge in [0.15, 0.2) is 0 Å². The third-order valence-corrected chi connectivity index (χ3v) is 4.22. The summed E-state index contributed by atoms with van der Waals surface area (Å²) in [6.07, 6.45) is 2.77. The second kappa shape index (κ2) is 7.36. The molecule has 0 spiro atoms. The Balaban J connectivity index is 1.82. The molecule has 1 N–H and O–H groups in total. The molecule has 1 aromatic carbocycles. The van der Waals surface area contributed by atoms with Crippen LogP contribution in [-0.4, -0.2) is 36.7 Å². The Morgan fingerprint density at radius 2 is 2.05 bits per heavy atom. The van der Waals surface area contributed by atoms with Crippen molar-refractivity contribution in [3.05, 3.63) is 35.4 Å². The summed E-state index contributed by atoms with van der Waals surface area (Å²) < 4.78 is 0. The number of aldehydes is 1. The highest BCUT2D eigenvalue weighted by Crippen LogP contribution is 2.17. The van der Waals surface area contributed by atoms with Crippen molar-refractivity contribution in [1.82, 2.24) is 10.2 Å². The number of aryl methyl sites for hydroxylation is 1. The molecule has 1 atom stereocenters. The number of rotatable bonds is 5. The number of hydrogen-bond donors (Lipinski definition) is 1. The molecule has 0 saturated carbocycles. The predicted octanol–water partition coefficient (Wildman–Crippen LogP) is 2.08. The minimum absolute atomic E-state index is 0.0196. The van der Waals surface area contributed by atoms with E-state index in [0.717, 1.165) is 37.8 Å². The number of carbonyl (C=O) groups is 2. The van der Waals surface area contributed by atoms with E-state index >= 15 is 0 Å². The molecule has 114 valence electrons. The van der Waals surface area contributed by atoms with Crippen molar-refractivity contribution in [2.24, 2.45) is 5.92 Å². The highest BCUT2D eigenvalue weighted by Gasteiger charge is 2.21. The summed E-state index contributed by atoms with van der Waals surface area (Å²) in [6, 6.07) is 8.13. The first kappa shape index (κ1) is 15.7. The molecule has 1 aliphatic heterocycles. The van der Waals surface area contributed by atoms with Crippen molar-refractivity contribution < 1.29 is 9.59 Å². The van der Waals surface area contributed by atoms with Crippen LogP contribution in [0, 0.1) is 12.8 Å². The minimum atomic E-state index is 0.0196. The molecular formula is C17H24N2O2. The zero-order chi connectivity index (χ0) is 15.2. The summed E-state index contributed by atoms with van der Waals surface area (Å²) in [7, 11) is 0. The van der Waals surface area contributed by atoms with E-state index in [0.29, 0.717) is 6.54 Å². The number of nitrogens with zero attached hydrogens (tertiary/aromatic N) is 1. The van der Waals surface area contributed by atoms with Crippen LogP contribution in [0.4, 0.5) is 0 Å². The van der Waals surface area contributed by atoms with Gasteiger partial charge in [-0.1, -0.05) is 24.3 Å². The summed E-state index contributed by atoms with van der Waals surface area (Å²) >= 11 is 0. The lowest BCUT2D eigenvalue weighted by atomic mass is 9.98. The van der Waals surface area contributed by atoms with Gasteiger partial charge < -0.3 is 10.1 Å². The Morgan fingerprint density at radius 1 is 1.38 bits per heavy atom.